The molecule has 16 heavy (non-hydrogen) atoms. The molecule has 0 aliphatic rings. The second-order valence-electron chi connectivity index (χ2n) is 3.41. The summed E-state index contributed by atoms with van der Waals surface area (Å²) in [7, 11) is 0. The van der Waals surface area contributed by atoms with Crippen molar-refractivity contribution in [1.82, 2.24) is 4.90 Å². The van der Waals surface area contributed by atoms with Gasteiger partial charge < -0.3 is 5.11 Å². The summed E-state index contributed by atoms with van der Waals surface area (Å²) in [6.45, 7) is 3.04. The van der Waals surface area contributed by atoms with Crippen LogP contribution in [0.2, 0.25) is 10.0 Å². The molecule has 3 nitrogen and oxygen atoms in total. The third-order valence-corrected chi connectivity index (χ3v) is 3.09. The van der Waals surface area contributed by atoms with E-state index in [9.17, 15) is 4.79 Å². The number of likely N-dealkylation sites (N-methyl/N-ethyl adjacent to an activating group) is 1. The zero-order valence-electron chi connectivity index (χ0n) is 8.91. The Morgan fingerprint density at radius 3 is 2.69 bits per heavy atom. The van der Waals surface area contributed by atoms with Gasteiger partial charge in [-0.2, -0.15) is 0 Å². The summed E-state index contributed by atoms with van der Waals surface area (Å²) >= 11 is 11.9. The molecule has 0 bridgehead atoms. The van der Waals surface area contributed by atoms with Crippen molar-refractivity contribution in [2.75, 3.05) is 13.1 Å². The van der Waals surface area contributed by atoms with E-state index < -0.39 is 5.97 Å². The Morgan fingerprint density at radius 2 is 2.12 bits per heavy atom. The van der Waals surface area contributed by atoms with Gasteiger partial charge in [0.25, 0.3) is 0 Å². The highest BCUT2D eigenvalue weighted by atomic mass is 35.5. The van der Waals surface area contributed by atoms with Gasteiger partial charge in [0, 0.05) is 6.54 Å². The van der Waals surface area contributed by atoms with Crippen LogP contribution in [0.5, 0.6) is 0 Å². The zero-order valence-corrected chi connectivity index (χ0v) is 10.4. The predicted molar refractivity (Wildman–Crippen MR) is 65.0 cm³/mol. The van der Waals surface area contributed by atoms with Gasteiger partial charge in [-0.1, -0.05) is 42.3 Å². The minimum Gasteiger partial charge on any atom is -0.480 e. The summed E-state index contributed by atoms with van der Waals surface area (Å²) in [5, 5.41) is 9.70. The molecule has 0 saturated heterocycles. The minimum atomic E-state index is -0.847. The maximum atomic E-state index is 10.6. The van der Waals surface area contributed by atoms with Crippen LogP contribution in [0.3, 0.4) is 0 Å². The molecule has 0 atom stereocenters. The number of carboxylic acid groups (broad SMARTS) is 1. The molecule has 5 heteroatoms. The van der Waals surface area contributed by atoms with Crippen LogP contribution >= 0.6 is 23.2 Å². The number of hydrogen-bond acceptors (Lipinski definition) is 2. The lowest BCUT2D eigenvalue weighted by Crippen LogP contribution is -2.29. The molecule has 0 unspecified atom stereocenters. The van der Waals surface area contributed by atoms with Crippen molar-refractivity contribution in [2.45, 2.75) is 13.5 Å². The largest absolute Gasteiger partial charge is 0.480 e. The first kappa shape index (κ1) is 13.3. The lowest BCUT2D eigenvalue weighted by atomic mass is 10.2. The van der Waals surface area contributed by atoms with E-state index in [-0.39, 0.29) is 6.54 Å². The number of benzene rings is 1. The number of aliphatic carboxylic acids is 1. The zero-order chi connectivity index (χ0) is 12.1. The summed E-state index contributed by atoms with van der Waals surface area (Å²) in [6, 6.07) is 5.36. The fourth-order valence-corrected chi connectivity index (χ4v) is 1.76. The second-order valence-corrected chi connectivity index (χ2v) is 4.20. The Labute approximate surface area is 105 Å². The molecule has 1 rings (SSSR count). The topological polar surface area (TPSA) is 40.5 Å². The van der Waals surface area contributed by atoms with Crippen molar-refractivity contribution in [2.24, 2.45) is 0 Å². The first-order valence-corrected chi connectivity index (χ1v) is 5.67. The monoisotopic (exact) mass is 261 g/mol. The summed E-state index contributed by atoms with van der Waals surface area (Å²) in [6.07, 6.45) is 0. The van der Waals surface area contributed by atoms with Gasteiger partial charge in [-0.05, 0) is 18.2 Å². The van der Waals surface area contributed by atoms with E-state index in [1.807, 2.05) is 13.0 Å². The van der Waals surface area contributed by atoms with Gasteiger partial charge in [0.2, 0.25) is 0 Å². The number of hydrogen-bond donors (Lipinski definition) is 1. The van der Waals surface area contributed by atoms with Crippen molar-refractivity contribution in [1.29, 1.82) is 0 Å². The van der Waals surface area contributed by atoms with Crippen molar-refractivity contribution in [3.05, 3.63) is 33.8 Å². The Kier molecular flexibility index (Phi) is 5.06. The molecule has 0 fully saturated rings. The minimum absolute atomic E-state index is 0.000653. The average molecular weight is 262 g/mol. The van der Waals surface area contributed by atoms with Gasteiger partial charge >= 0.3 is 5.97 Å². The maximum absolute atomic E-state index is 10.6. The van der Waals surface area contributed by atoms with Gasteiger partial charge in [-0.25, -0.2) is 0 Å². The molecular formula is C11H13Cl2NO2. The van der Waals surface area contributed by atoms with E-state index in [1.165, 1.54) is 0 Å². The second kappa shape index (κ2) is 6.09. The summed E-state index contributed by atoms with van der Waals surface area (Å²) in [4.78, 5) is 12.4. The SMILES string of the molecule is CCN(CC(=O)O)Cc1cccc(Cl)c1Cl. The standard InChI is InChI=1S/C11H13Cl2NO2/c1-2-14(7-10(15)16)6-8-4-3-5-9(12)11(8)13/h3-5H,2,6-7H2,1H3,(H,15,16). The quantitative estimate of drug-likeness (QED) is 0.886. The molecule has 0 aliphatic carbocycles. The lowest BCUT2D eigenvalue weighted by Gasteiger charge is -2.18. The van der Waals surface area contributed by atoms with Crippen molar-refractivity contribution >= 4 is 29.2 Å². The van der Waals surface area contributed by atoms with Crippen molar-refractivity contribution in [3.63, 3.8) is 0 Å². The third kappa shape index (κ3) is 3.67. The van der Waals surface area contributed by atoms with E-state index in [0.29, 0.717) is 23.1 Å². The van der Waals surface area contributed by atoms with Crippen LogP contribution in [0.15, 0.2) is 18.2 Å². The van der Waals surface area contributed by atoms with Gasteiger partial charge in [0.15, 0.2) is 0 Å². The predicted octanol–water partition coefficient (Wildman–Crippen LogP) is 2.90. The fourth-order valence-electron chi connectivity index (χ4n) is 1.38. The van der Waals surface area contributed by atoms with Crippen LogP contribution < -0.4 is 0 Å². The Balaban J connectivity index is 2.77. The van der Waals surface area contributed by atoms with Crippen LogP contribution in [0.25, 0.3) is 0 Å². The number of halogens is 2. The van der Waals surface area contributed by atoms with Crippen LogP contribution in [0.1, 0.15) is 12.5 Å². The number of carboxylic acids is 1. The molecular weight excluding hydrogens is 249 g/mol. The van der Waals surface area contributed by atoms with Gasteiger partial charge in [0.05, 0.1) is 16.6 Å². The van der Waals surface area contributed by atoms with Crippen LogP contribution in [-0.4, -0.2) is 29.1 Å². The van der Waals surface area contributed by atoms with Crippen LogP contribution in [-0.2, 0) is 11.3 Å². The summed E-state index contributed by atoms with van der Waals surface area (Å²) in [5.74, 6) is -0.847. The van der Waals surface area contributed by atoms with E-state index in [0.717, 1.165) is 5.56 Å². The van der Waals surface area contributed by atoms with Gasteiger partial charge in [-0.3, -0.25) is 9.69 Å². The molecule has 0 saturated carbocycles. The smallest absolute Gasteiger partial charge is 0.317 e. The van der Waals surface area contributed by atoms with Crippen LogP contribution in [0, 0.1) is 0 Å². The normalized spacial score (nSPS) is 10.8. The number of nitrogens with zero attached hydrogens (tertiary/aromatic N) is 1. The summed E-state index contributed by atoms with van der Waals surface area (Å²) < 4.78 is 0. The third-order valence-electron chi connectivity index (χ3n) is 2.23. The van der Waals surface area contributed by atoms with E-state index in [4.69, 9.17) is 28.3 Å². The first-order chi connectivity index (χ1) is 7.54. The number of rotatable bonds is 5. The summed E-state index contributed by atoms with van der Waals surface area (Å²) in [5.41, 5.74) is 0.845. The van der Waals surface area contributed by atoms with E-state index in [2.05, 4.69) is 0 Å². The molecule has 0 aromatic heterocycles. The fraction of sp³-hybridized carbons (Fsp3) is 0.364. The Hall–Kier alpha value is -0.770. The van der Waals surface area contributed by atoms with Crippen LogP contribution in [0.4, 0.5) is 0 Å². The van der Waals surface area contributed by atoms with E-state index in [1.54, 1.807) is 17.0 Å². The Bertz CT molecular complexity index is 382. The Morgan fingerprint density at radius 1 is 1.44 bits per heavy atom. The highest BCUT2D eigenvalue weighted by Gasteiger charge is 2.11. The molecule has 1 aromatic carbocycles. The molecule has 0 radical (unpaired) electrons. The van der Waals surface area contributed by atoms with Gasteiger partial charge in [-0.15, -0.1) is 0 Å². The van der Waals surface area contributed by atoms with E-state index >= 15 is 0 Å². The molecule has 0 aliphatic heterocycles. The van der Waals surface area contributed by atoms with Gasteiger partial charge in [0.1, 0.15) is 0 Å². The highest BCUT2D eigenvalue weighted by Crippen LogP contribution is 2.26. The van der Waals surface area contributed by atoms with Crippen molar-refractivity contribution in [3.8, 4) is 0 Å². The highest BCUT2D eigenvalue weighted by molar-refractivity contribution is 6.42. The lowest BCUT2D eigenvalue weighted by molar-refractivity contribution is -0.138. The van der Waals surface area contributed by atoms with Crippen molar-refractivity contribution < 1.29 is 9.90 Å². The first-order valence-electron chi connectivity index (χ1n) is 4.91. The molecule has 0 amide bonds. The molecule has 1 N–H and O–H groups in total. The maximum Gasteiger partial charge on any atom is 0.317 e. The molecule has 0 heterocycles. The molecule has 0 spiro atoms. The average Bonchev–Trinajstić information content (AvgIpc) is 2.23. The number of carbonyl (C=O) groups is 1. The molecule has 88 valence electrons. The molecule has 1 aromatic rings.